The van der Waals surface area contributed by atoms with E-state index in [4.69, 9.17) is 4.42 Å². The Bertz CT molecular complexity index is 1170. The third-order valence-corrected chi connectivity index (χ3v) is 9.41. The van der Waals surface area contributed by atoms with E-state index in [1.165, 1.54) is 6.26 Å². The van der Waals surface area contributed by atoms with Crippen LogP contribution in [0.4, 0.5) is 5.69 Å². The first kappa shape index (κ1) is 25.1. The highest BCUT2D eigenvalue weighted by Crippen LogP contribution is 2.49. The molecule has 5 aliphatic rings. The molecule has 2 aromatic rings. The van der Waals surface area contributed by atoms with Gasteiger partial charge in [-0.3, -0.25) is 19.3 Å². The molecule has 3 amide bonds. The average Bonchev–Trinajstić information content (AvgIpc) is 3.56. The van der Waals surface area contributed by atoms with Gasteiger partial charge >= 0.3 is 0 Å². The molecule has 3 N–H and O–H groups in total. The summed E-state index contributed by atoms with van der Waals surface area (Å²) in [5.74, 6) is 0.0284. The van der Waals surface area contributed by atoms with E-state index in [0.717, 1.165) is 77.5 Å². The molecule has 1 saturated heterocycles. The second-order valence-electron chi connectivity index (χ2n) is 11.8. The molecule has 4 saturated carbocycles. The van der Waals surface area contributed by atoms with Gasteiger partial charge in [0.25, 0.3) is 11.8 Å². The summed E-state index contributed by atoms with van der Waals surface area (Å²) in [7, 11) is 2.14. The van der Waals surface area contributed by atoms with Gasteiger partial charge in [0.05, 0.1) is 6.26 Å². The summed E-state index contributed by atoms with van der Waals surface area (Å²) in [5.41, 5.74) is 0.514. The zero-order valence-electron chi connectivity index (χ0n) is 22.1. The fourth-order valence-electron chi connectivity index (χ4n) is 6.58. The van der Waals surface area contributed by atoms with Crippen molar-refractivity contribution in [1.29, 1.82) is 0 Å². The van der Waals surface area contributed by atoms with E-state index in [1.807, 2.05) is 0 Å². The monoisotopic (exact) mass is 519 g/mol. The van der Waals surface area contributed by atoms with Gasteiger partial charge in [0.2, 0.25) is 5.91 Å². The van der Waals surface area contributed by atoms with Crippen LogP contribution in [0, 0.1) is 0 Å². The Morgan fingerprint density at radius 1 is 0.763 bits per heavy atom. The number of rotatable bonds is 7. The fraction of sp³-hybridized carbons (Fsp3) is 0.552. The van der Waals surface area contributed by atoms with Crippen molar-refractivity contribution < 1.29 is 18.8 Å². The van der Waals surface area contributed by atoms with Gasteiger partial charge in [0.1, 0.15) is 5.54 Å². The Labute approximate surface area is 223 Å². The van der Waals surface area contributed by atoms with Crippen LogP contribution in [0.2, 0.25) is 0 Å². The van der Waals surface area contributed by atoms with Crippen molar-refractivity contribution in [1.82, 2.24) is 20.4 Å². The third kappa shape index (κ3) is 4.73. The average molecular weight is 520 g/mol. The molecule has 0 radical (unpaired) electrons. The largest absolute Gasteiger partial charge is 0.459 e. The number of anilines is 1. The summed E-state index contributed by atoms with van der Waals surface area (Å²) in [6.07, 6.45) is 8.69. The summed E-state index contributed by atoms with van der Waals surface area (Å²) in [5, 5.41) is 9.61. The second kappa shape index (κ2) is 9.54. The lowest BCUT2D eigenvalue weighted by atomic mass is 9.61. The molecule has 7 rings (SSSR count). The maximum absolute atomic E-state index is 13.5. The molecule has 0 atom stereocenters. The molecule has 4 aliphatic carbocycles. The van der Waals surface area contributed by atoms with Gasteiger partial charge in [-0.05, 0) is 94.8 Å². The van der Waals surface area contributed by atoms with Crippen LogP contribution in [0.25, 0.3) is 0 Å². The number of nitrogens with zero attached hydrogens (tertiary/aromatic N) is 2. The minimum Gasteiger partial charge on any atom is -0.459 e. The van der Waals surface area contributed by atoms with Crippen LogP contribution < -0.4 is 16.0 Å². The predicted octanol–water partition coefficient (Wildman–Crippen LogP) is 3.00. The fourth-order valence-corrected chi connectivity index (χ4v) is 6.58. The van der Waals surface area contributed by atoms with Gasteiger partial charge < -0.3 is 25.3 Å². The van der Waals surface area contributed by atoms with E-state index in [0.29, 0.717) is 11.3 Å². The molecule has 2 heterocycles. The Morgan fingerprint density at radius 3 is 1.92 bits per heavy atom. The normalized spacial score (nSPS) is 28.4. The van der Waals surface area contributed by atoms with Crippen LogP contribution in [0.3, 0.4) is 0 Å². The first-order valence-corrected chi connectivity index (χ1v) is 13.8. The third-order valence-electron chi connectivity index (χ3n) is 9.41. The summed E-state index contributed by atoms with van der Waals surface area (Å²) < 4.78 is 5.12. The number of fused-ring (bicyclic) bond motifs is 3. The van der Waals surface area contributed by atoms with E-state index in [1.54, 1.807) is 36.4 Å². The van der Waals surface area contributed by atoms with Crippen LogP contribution in [0.1, 0.15) is 72.3 Å². The standard InChI is InChI=1S/C29H37N5O4/c1-33-16-18-34(19-17-33)29(14-15-29)26(37)32-28-11-8-27(9-12-28,10-13-28)31-24(35)21-4-6-22(7-5-21)30-25(36)23-3-2-20-38-23/h2-7,20H,8-19H2,1H3,(H,30,36)(H,31,35)(H,32,37). The molecule has 1 aliphatic heterocycles. The van der Waals surface area contributed by atoms with E-state index >= 15 is 0 Å². The lowest BCUT2D eigenvalue weighted by molar-refractivity contribution is -0.132. The Morgan fingerprint density at radius 2 is 1.37 bits per heavy atom. The molecule has 9 nitrogen and oxygen atoms in total. The lowest BCUT2D eigenvalue weighted by Crippen LogP contribution is -2.66. The molecular weight excluding hydrogens is 482 g/mol. The van der Waals surface area contributed by atoms with Gasteiger partial charge in [0.15, 0.2) is 5.76 Å². The topological polar surface area (TPSA) is 107 Å². The molecular formula is C29H37N5O4. The van der Waals surface area contributed by atoms with E-state index in [2.05, 4.69) is 32.8 Å². The minimum absolute atomic E-state index is 0.0978. The Hall–Kier alpha value is -3.17. The van der Waals surface area contributed by atoms with E-state index in [9.17, 15) is 14.4 Å². The molecule has 202 valence electrons. The number of furan rings is 1. The van der Waals surface area contributed by atoms with Crippen LogP contribution in [0.15, 0.2) is 47.1 Å². The zero-order valence-corrected chi connectivity index (χ0v) is 22.1. The molecule has 2 bridgehead atoms. The van der Waals surface area contributed by atoms with Crippen LogP contribution in [-0.4, -0.2) is 77.4 Å². The maximum atomic E-state index is 13.5. The van der Waals surface area contributed by atoms with Crippen molar-refractivity contribution in [3.05, 3.63) is 54.0 Å². The number of carbonyl (C=O) groups excluding carboxylic acids is 3. The summed E-state index contributed by atoms with van der Waals surface area (Å²) in [6.45, 7) is 3.96. The predicted molar refractivity (Wildman–Crippen MR) is 143 cm³/mol. The zero-order chi connectivity index (χ0) is 26.4. The molecule has 1 aromatic carbocycles. The van der Waals surface area contributed by atoms with E-state index in [-0.39, 0.29) is 40.1 Å². The number of nitrogens with one attached hydrogen (secondary N) is 3. The van der Waals surface area contributed by atoms with Gasteiger partial charge in [-0.1, -0.05) is 0 Å². The number of benzene rings is 1. The lowest BCUT2D eigenvalue weighted by Gasteiger charge is -2.54. The van der Waals surface area contributed by atoms with Crippen LogP contribution in [-0.2, 0) is 4.79 Å². The Kier molecular flexibility index (Phi) is 6.31. The SMILES string of the molecule is CN1CCN(C2(C(=O)NC34CCC(NC(=O)c5ccc(NC(=O)c6ccco6)cc5)(CC3)CC4)CC2)CC1. The molecule has 0 unspecified atom stereocenters. The minimum atomic E-state index is -0.331. The van der Waals surface area contributed by atoms with Gasteiger partial charge in [-0.15, -0.1) is 0 Å². The van der Waals surface area contributed by atoms with Gasteiger partial charge in [0, 0.05) is 48.5 Å². The molecule has 38 heavy (non-hydrogen) atoms. The summed E-state index contributed by atoms with van der Waals surface area (Å²) in [4.78, 5) is 43.5. The molecule has 1 aromatic heterocycles. The highest BCUT2D eigenvalue weighted by molar-refractivity contribution is 6.02. The quantitative estimate of drug-likeness (QED) is 0.519. The Balaban J connectivity index is 1.03. The summed E-state index contributed by atoms with van der Waals surface area (Å²) >= 11 is 0. The first-order chi connectivity index (χ1) is 18.3. The van der Waals surface area contributed by atoms with Gasteiger partial charge in [-0.2, -0.15) is 0 Å². The van der Waals surface area contributed by atoms with Crippen LogP contribution in [0.5, 0.6) is 0 Å². The molecule has 9 heteroatoms. The highest BCUT2D eigenvalue weighted by atomic mass is 16.3. The van der Waals surface area contributed by atoms with Crippen LogP contribution >= 0.6 is 0 Å². The van der Waals surface area contributed by atoms with Crippen molar-refractivity contribution in [3.8, 4) is 0 Å². The number of amides is 3. The van der Waals surface area contributed by atoms with Crippen molar-refractivity contribution in [2.75, 3.05) is 38.5 Å². The number of hydrogen-bond donors (Lipinski definition) is 3. The molecule has 0 spiro atoms. The number of likely N-dealkylation sites (N-methyl/N-ethyl adjacent to an activating group) is 1. The van der Waals surface area contributed by atoms with Crippen molar-refractivity contribution in [2.24, 2.45) is 0 Å². The maximum Gasteiger partial charge on any atom is 0.291 e. The highest BCUT2D eigenvalue weighted by Gasteiger charge is 2.58. The van der Waals surface area contributed by atoms with Crippen molar-refractivity contribution in [2.45, 2.75) is 68.0 Å². The van der Waals surface area contributed by atoms with E-state index < -0.39 is 0 Å². The van der Waals surface area contributed by atoms with Crippen molar-refractivity contribution in [3.63, 3.8) is 0 Å². The number of piperazine rings is 1. The van der Waals surface area contributed by atoms with Crippen molar-refractivity contribution >= 4 is 23.4 Å². The molecule has 5 fully saturated rings. The first-order valence-electron chi connectivity index (χ1n) is 13.8. The number of hydrogen-bond acceptors (Lipinski definition) is 6. The smallest absolute Gasteiger partial charge is 0.291 e. The number of carbonyl (C=O) groups is 3. The second-order valence-corrected chi connectivity index (χ2v) is 11.8. The van der Waals surface area contributed by atoms with Gasteiger partial charge in [-0.25, -0.2) is 0 Å². The summed E-state index contributed by atoms with van der Waals surface area (Å²) in [6, 6.07) is 10.2.